The third-order valence-corrected chi connectivity index (χ3v) is 5.75. The summed E-state index contributed by atoms with van der Waals surface area (Å²) in [5, 5.41) is 15.1. The summed E-state index contributed by atoms with van der Waals surface area (Å²) in [6.07, 6.45) is 2.99. The van der Waals surface area contributed by atoms with Crippen molar-refractivity contribution in [2.75, 3.05) is 11.3 Å². The van der Waals surface area contributed by atoms with Gasteiger partial charge in [0.15, 0.2) is 0 Å². The van der Waals surface area contributed by atoms with E-state index in [4.69, 9.17) is 4.74 Å². The first-order chi connectivity index (χ1) is 13.8. The Labute approximate surface area is 167 Å². The molecule has 0 atom stereocenters. The number of ether oxygens (including phenoxy) is 1. The quantitative estimate of drug-likeness (QED) is 0.440. The van der Waals surface area contributed by atoms with Crippen LogP contribution in [0.5, 0.6) is 5.75 Å². The smallest absolute Gasteiger partial charge is 0.271 e. The first-order valence-corrected chi connectivity index (χ1v) is 10.1. The Hall–Kier alpha value is -3.47. The number of benzene rings is 2. The number of anilines is 1. The second kappa shape index (κ2) is 8.27. The molecule has 29 heavy (non-hydrogen) atoms. The van der Waals surface area contributed by atoms with Crippen molar-refractivity contribution in [3.05, 3.63) is 70.3 Å². The summed E-state index contributed by atoms with van der Waals surface area (Å²) in [7, 11) is -4.03. The van der Waals surface area contributed by atoms with Gasteiger partial charge >= 0.3 is 0 Å². The van der Waals surface area contributed by atoms with Gasteiger partial charge < -0.3 is 4.74 Å². The van der Waals surface area contributed by atoms with Gasteiger partial charge in [0.1, 0.15) is 25.0 Å². The van der Waals surface area contributed by atoms with Gasteiger partial charge in [-0.25, -0.2) is 18.1 Å². The summed E-state index contributed by atoms with van der Waals surface area (Å²) >= 11 is 0. The number of hydrogen-bond acceptors (Lipinski definition) is 7. The predicted molar refractivity (Wildman–Crippen MR) is 105 cm³/mol. The van der Waals surface area contributed by atoms with E-state index in [0.717, 1.165) is 6.07 Å². The van der Waals surface area contributed by atoms with Crippen LogP contribution in [0.3, 0.4) is 0 Å². The number of non-ortho nitro benzene ring substituents is 1. The molecule has 0 bridgehead atoms. The van der Waals surface area contributed by atoms with Gasteiger partial charge in [-0.2, -0.15) is 5.10 Å². The Morgan fingerprint density at radius 1 is 1.24 bits per heavy atom. The first-order valence-electron chi connectivity index (χ1n) is 8.60. The normalized spacial score (nSPS) is 11.2. The zero-order valence-electron chi connectivity index (χ0n) is 15.8. The molecule has 2 aromatic carbocycles. The molecule has 1 N–H and O–H groups in total. The Balaban J connectivity index is 1.78. The molecule has 0 aliphatic heterocycles. The lowest BCUT2D eigenvalue weighted by Gasteiger charge is -2.13. The fourth-order valence-electron chi connectivity index (χ4n) is 2.66. The van der Waals surface area contributed by atoms with Crippen molar-refractivity contribution >= 4 is 21.4 Å². The van der Waals surface area contributed by atoms with Crippen molar-refractivity contribution < 1.29 is 18.1 Å². The number of sulfonamides is 1. The average Bonchev–Trinajstić information content (AvgIpc) is 3.17. The van der Waals surface area contributed by atoms with E-state index >= 15 is 0 Å². The van der Waals surface area contributed by atoms with Gasteiger partial charge in [0.2, 0.25) is 0 Å². The second-order valence-corrected chi connectivity index (χ2v) is 7.93. The van der Waals surface area contributed by atoms with Crippen LogP contribution in [0.1, 0.15) is 11.1 Å². The zero-order valence-corrected chi connectivity index (χ0v) is 16.6. The van der Waals surface area contributed by atoms with Crippen LogP contribution in [-0.2, 0) is 16.6 Å². The number of nitrogens with zero attached hydrogens (tertiary/aromatic N) is 4. The van der Waals surface area contributed by atoms with E-state index in [1.807, 2.05) is 0 Å². The van der Waals surface area contributed by atoms with E-state index < -0.39 is 14.9 Å². The molecule has 0 saturated carbocycles. The molecule has 1 heterocycles. The van der Waals surface area contributed by atoms with Crippen LogP contribution in [0.25, 0.3) is 0 Å². The number of rotatable bonds is 8. The SMILES string of the molecule is Cc1cc([N+](=O)[O-])cc(S(=O)(=O)Nc2cccc(OCCn3cncn3)c2)c1C. The highest BCUT2D eigenvalue weighted by atomic mass is 32.2. The third kappa shape index (κ3) is 4.88. The van der Waals surface area contributed by atoms with Crippen LogP contribution in [0.4, 0.5) is 11.4 Å². The van der Waals surface area contributed by atoms with Crippen molar-refractivity contribution in [3.8, 4) is 5.75 Å². The number of aryl methyl sites for hydroxylation is 1. The lowest BCUT2D eigenvalue weighted by molar-refractivity contribution is -0.385. The summed E-state index contributed by atoms with van der Waals surface area (Å²) in [5.41, 5.74) is 0.971. The molecule has 0 fully saturated rings. The van der Waals surface area contributed by atoms with Crippen LogP contribution in [0.2, 0.25) is 0 Å². The Kier molecular flexibility index (Phi) is 5.78. The van der Waals surface area contributed by atoms with Crippen molar-refractivity contribution in [3.63, 3.8) is 0 Å². The number of nitro groups is 1. The van der Waals surface area contributed by atoms with Crippen LogP contribution < -0.4 is 9.46 Å². The molecule has 11 heteroatoms. The molecule has 0 aliphatic carbocycles. The molecular formula is C18H19N5O5S. The molecule has 0 saturated heterocycles. The van der Waals surface area contributed by atoms with Crippen molar-refractivity contribution in [1.82, 2.24) is 14.8 Å². The fraction of sp³-hybridized carbons (Fsp3) is 0.222. The average molecular weight is 417 g/mol. The molecular weight excluding hydrogens is 398 g/mol. The van der Waals surface area contributed by atoms with Crippen LogP contribution >= 0.6 is 0 Å². The van der Waals surface area contributed by atoms with E-state index in [0.29, 0.717) is 30.0 Å². The third-order valence-electron chi connectivity index (χ3n) is 4.25. The van der Waals surface area contributed by atoms with E-state index in [2.05, 4.69) is 14.8 Å². The summed E-state index contributed by atoms with van der Waals surface area (Å²) < 4.78 is 35.4. The predicted octanol–water partition coefficient (Wildman–Crippen LogP) is 2.68. The second-order valence-electron chi connectivity index (χ2n) is 6.28. The van der Waals surface area contributed by atoms with Gasteiger partial charge in [-0.15, -0.1) is 0 Å². The molecule has 152 valence electrons. The van der Waals surface area contributed by atoms with Gasteiger partial charge in [-0.1, -0.05) is 6.07 Å². The maximum atomic E-state index is 12.8. The van der Waals surface area contributed by atoms with Gasteiger partial charge in [0.25, 0.3) is 15.7 Å². The number of hydrogen-bond donors (Lipinski definition) is 1. The van der Waals surface area contributed by atoms with Gasteiger partial charge in [-0.05, 0) is 37.1 Å². The molecule has 0 spiro atoms. The van der Waals surface area contributed by atoms with E-state index in [-0.39, 0.29) is 16.3 Å². The number of nitro benzene ring substituents is 1. The topological polar surface area (TPSA) is 129 Å². The molecule has 0 unspecified atom stereocenters. The Morgan fingerprint density at radius 3 is 2.72 bits per heavy atom. The fourth-order valence-corrected chi connectivity index (χ4v) is 4.05. The number of aromatic nitrogens is 3. The largest absolute Gasteiger partial charge is 0.492 e. The van der Waals surface area contributed by atoms with E-state index in [1.165, 1.54) is 12.4 Å². The highest BCUT2D eigenvalue weighted by Gasteiger charge is 2.22. The molecule has 3 aromatic rings. The Morgan fingerprint density at radius 2 is 2.03 bits per heavy atom. The number of nitrogens with one attached hydrogen (secondary N) is 1. The van der Waals surface area contributed by atoms with Crippen molar-refractivity contribution in [2.24, 2.45) is 0 Å². The maximum absolute atomic E-state index is 12.8. The molecule has 3 rings (SSSR count). The Bertz CT molecular complexity index is 1130. The van der Waals surface area contributed by atoms with Gasteiger partial charge in [0, 0.05) is 18.2 Å². The van der Waals surface area contributed by atoms with Crippen molar-refractivity contribution in [2.45, 2.75) is 25.3 Å². The highest BCUT2D eigenvalue weighted by Crippen LogP contribution is 2.28. The molecule has 0 amide bonds. The molecule has 0 radical (unpaired) electrons. The maximum Gasteiger partial charge on any atom is 0.271 e. The lowest BCUT2D eigenvalue weighted by atomic mass is 10.1. The molecule has 1 aromatic heterocycles. The molecule has 10 nitrogen and oxygen atoms in total. The van der Waals surface area contributed by atoms with Gasteiger partial charge in [0.05, 0.1) is 22.1 Å². The summed E-state index contributed by atoms with van der Waals surface area (Å²) in [4.78, 5) is 14.2. The minimum atomic E-state index is -4.03. The van der Waals surface area contributed by atoms with E-state index in [9.17, 15) is 18.5 Å². The summed E-state index contributed by atoms with van der Waals surface area (Å²) in [6.45, 7) is 4.05. The monoisotopic (exact) mass is 417 g/mol. The minimum absolute atomic E-state index is 0.137. The van der Waals surface area contributed by atoms with Crippen LogP contribution in [0, 0.1) is 24.0 Å². The van der Waals surface area contributed by atoms with Crippen molar-refractivity contribution in [1.29, 1.82) is 0 Å². The summed E-state index contributed by atoms with van der Waals surface area (Å²) in [6, 6.07) is 8.86. The summed E-state index contributed by atoms with van der Waals surface area (Å²) in [5.74, 6) is 0.470. The first kappa shape index (κ1) is 20.3. The lowest BCUT2D eigenvalue weighted by Crippen LogP contribution is -2.15. The highest BCUT2D eigenvalue weighted by molar-refractivity contribution is 7.92. The van der Waals surface area contributed by atoms with E-state index in [1.54, 1.807) is 49.1 Å². The standard InChI is InChI=1S/C18H19N5O5S/c1-13-8-16(23(24)25)10-18(14(13)2)29(26,27)21-15-4-3-5-17(9-15)28-7-6-22-12-19-11-20-22/h3-5,8-12,21H,6-7H2,1-2H3. The van der Waals surface area contributed by atoms with Gasteiger partial charge in [-0.3, -0.25) is 14.8 Å². The molecule has 0 aliphatic rings. The van der Waals surface area contributed by atoms with Crippen LogP contribution in [-0.4, -0.2) is 34.7 Å². The zero-order chi connectivity index (χ0) is 21.0. The van der Waals surface area contributed by atoms with Crippen LogP contribution in [0.15, 0.2) is 53.9 Å². The minimum Gasteiger partial charge on any atom is -0.492 e.